The molecule has 0 aliphatic carbocycles. The number of primary amides is 1. The van der Waals surface area contributed by atoms with Crippen LogP contribution in [-0.2, 0) is 4.79 Å². The number of rotatable bonds is 3. The third kappa shape index (κ3) is 2.43. The van der Waals surface area contributed by atoms with Crippen molar-refractivity contribution in [1.82, 2.24) is 5.32 Å². The highest BCUT2D eigenvalue weighted by atomic mass is 16.3. The summed E-state index contributed by atoms with van der Waals surface area (Å²) in [5.74, 6) is -0.535. The lowest BCUT2D eigenvalue weighted by atomic mass is 10.2. The lowest BCUT2D eigenvalue weighted by Crippen LogP contribution is -2.46. The van der Waals surface area contributed by atoms with Gasteiger partial charge in [-0.3, -0.25) is 4.79 Å². The number of carbonyl (C=O) groups is 1. The van der Waals surface area contributed by atoms with Crippen LogP contribution in [0.3, 0.4) is 0 Å². The Hall–Kier alpha value is -0.610. The fraction of sp³-hybridized carbons (Fsp3) is 0.800. The predicted molar refractivity (Wildman–Crippen MR) is 33.7 cm³/mol. The Morgan fingerprint density at radius 3 is 2.22 bits per heavy atom. The van der Waals surface area contributed by atoms with Crippen LogP contribution in [-0.4, -0.2) is 30.2 Å². The van der Waals surface area contributed by atoms with Crippen LogP contribution in [0.15, 0.2) is 0 Å². The maximum atomic E-state index is 10.4. The molecule has 0 fully saturated rings. The number of carbonyl (C=O) groups excluding carboxylic acids is 1. The molecule has 2 atom stereocenters. The van der Waals surface area contributed by atoms with Gasteiger partial charge in [0.2, 0.25) is 5.91 Å². The second-order valence-electron chi connectivity index (χ2n) is 1.91. The number of hydrogen-bond acceptors (Lipinski definition) is 3. The molecule has 54 valence electrons. The molecule has 4 nitrogen and oxygen atoms in total. The first-order valence-electron chi connectivity index (χ1n) is 2.74. The van der Waals surface area contributed by atoms with Gasteiger partial charge < -0.3 is 16.2 Å². The Labute approximate surface area is 54.0 Å². The molecule has 0 aromatic rings. The zero-order valence-corrected chi connectivity index (χ0v) is 5.59. The van der Waals surface area contributed by atoms with E-state index in [9.17, 15) is 4.79 Å². The highest BCUT2D eigenvalue weighted by Crippen LogP contribution is 1.88. The van der Waals surface area contributed by atoms with E-state index in [-0.39, 0.29) is 0 Å². The third-order valence-electron chi connectivity index (χ3n) is 1.10. The van der Waals surface area contributed by atoms with Gasteiger partial charge in [-0.1, -0.05) is 0 Å². The summed E-state index contributed by atoms with van der Waals surface area (Å²) in [5, 5.41) is 11.4. The summed E-state index contributed by atoms with van der Waals surface area (Å²) >= 11 is 0. The molecule has 0 aromatic carbocycles. The molecular formula is C5H12N2O2. The van der Waals surface area contributed by atoms with E-state index >= 15 is 0 Å². The Morgan fingerprint density at radius 1 is 1.78 bits per heavy atom. The summed E-state index contributed by atoms with van der Waals surface area (Å²) in [5.41, 5.74) is 4.89. The minimum absolute atomic E-state index is 0.535. The van der Waals surface area contributed by atoms with Crippen LogP contribution in [0.1, 0.15) is 6.92 Å². The Morgan fingerprint density at radius 2 is 2.22 bits per heavy atom. The van der Waals surface area contributed by atoms with E-state index in [1.165, 1.54) is 6.92 Å². The first kappa shape index (κ1) is 8.39. The molecule has 0 saturated heterocycles. The molecular weight excluding hydrogens is 120 g/mol. The minimum atomic E-state index is -0.729. The summed E-state index contributed by atoms with van der Waals surface area (Å²) < 4.78 is 0. The number of aliphatic hydroxyl groups is 1. The Balaban J connectivity index is 3.83. The SMILES string of the molecule is CN[C@H](C(N)=O)[C@H](C)O. The van der Waals surface area contributed by atoms with Crippen molar-refractivity contribution in [3.05, 3.63) is 0 Å². The van der Waals surface area contributed by atoms with Crippen LogP contribution in [0.2, 0.25) is 0 Å². The third-order valence-corrected chi connectivity index (χ3v) is 1.10. The largest absolute Gasteiger partial charge is 0.391 e. The van der Waals surface area contributed by atoms with Crippen molar-refractivity contribution >= 4 is 5.91 Å². The molecule has 0 heterocycles. The van der Waals surface area contributed by atoms with Crippen LogP contribution in [0, 0.1) is 0 Å². The molecule has 1 amide bonds. The first-order valence-corrected chi connectivity index (χ1v) is 2.74. The average molecular weight is 132 g/mol. The summed E-state index contributed by atoms with van der Waals surface area (Å²) in [6.07, 6.45) is -0.729. The van der Waals surface area contributed by atoms with Crippen LogP contribution < -0.4 is 11.1 Å². The second kappa shape index (κ2) is 3.42. The number of hydrogen-bond donors (Lipinski definition) is 3. The predicted octanol–water partition coefficient (Wildman–Crippen LogP) is -1.56. The molecule has 0 unspecified atom stereocenters. The lowest BCUT2D eigenvalue weighted by molar-refractivity contribution is -0.122. The molecule has 9 heavy (non-hydrogen) atoms. The topological polar surface area (TPSA) is 75.3 Å². The van der Waals surface area contributed by atoms with Gasteiger partial charge in [-0.25, -0.2) is 0 Å². The maximum absolute atomic E-state index is 10.4. The van der Waals surface area contributed by atoms with E-state index in [0.29, 0.717) is 0 Å². The molecule has 4 heteroatoms. The molecule has 0 rings (SSSR count). The van der Waals surface area contributed by atoms with Gasteiger partial charge >= 0.3 is 0 Å². The van der Waals surface area contributed by atoms with Gasteiger partial charge in [0, 0.05) is 0 Å². The van der Waals surface area contributed by atoms with Gasteiger partial charge in [-0.05, 0) is 14.0 Å². The summed E-state index contributed by atoms with van der Waals surface area (Å²) in [6.45, 7) is 1.51. The first-order chi connectivity index (χ1) is 4.09. The van der Waals surface area contributed by atoms with E-state index in [1.54, 1.807) is 7.05 Å². The fourth-order valence-electron chi connectivity index (χ4n) is 0.621. The van der Waals surface area contributed by atoms with E-state index in [4.69, 9.17) is 10.8 Å². The van der Waals surface area contributed by atoms with Crippen LogP contribution in [0.4, 0.5) is 0 Å². The Bertz CT molecular complexity index is 103. The summed E-state index contributed by atoms with van der Waals surface area (Å²) in [4.78, 5) is 10.4. The molecule has 0 bridgehead atoms. The highest BCUT2D eigenvalue weighted by molar-refractivity contribution is 5.80. The molecule has 0 aliphatic heterocycles. The van der Waals surface area contributed by atoms with Crippen LogP contribution in [0.25, 0.3) is 0 Å². The minimum Gasteiger partial charge on any atom is -0.391 e. The number of aliphatic hydroxyl groups excluding tert-OH is 1. The van der Waals surface area contributed by atoms with Crippen molar-refractivity contribution in [1.29, 1.82) is 0 Å². The Kier molecular flexibility index (Phi) is 3.19. The maximum Gasteiger partial charge on any atom is 0.237 e. The van der Waals surface area contributed by atoms with Crippen molar-refractivity contribution < 1.29 is 9.90 Å². The standard InChI is InChI=1S/C5H12N2O2/c1-3(8)4(7-2)5(6)9/h3-4,7-8H,1-2H3,(H2,6,9)/t3-,4-/m0/s1. The molecule has 0 saturated carbocycles. The van der Waals surface area contributed by atoms with E-state index < -0.39 is 18.1 Å². The van der Waals surface area contributed by atoms with E-state index in [1.807, 2.05) is 0 Å². The molecule has 0 aliphatic rings. The van der Waals surface area contributed by atoms with E-state index in [0.717, 1.165) is 0 Å². The lowest BCUT2D eigenvalue weighted by Gasteiger charge is -2.13. The number of amides is 1. The molecule has 0 spiro atoms. The monoisotopic (exact) mass is 132 g/mol. The van der Waals surface area contributed by atoms with Crippen molar-refractivity contribution in [2.45, 2.75) is 19.1 Å². The average Bonchev–Trinajstić information content (AvgIpc) is 1.64. The molecule has 4 N–H and O–H groups in total. The van der Waals surface area contributed by atoms with Gasteiger partial charge in [0.1, 0.15) is 6.04 Å². The number of likely N-dealkylation sites (N-methyl/N-ethyl adjacent to an activating group) is 1. The van der Waals surface area contributed by atoms with Crippen molar-refractivity contribution in [2.75, 3.05) is 7.05 Å². The van der Waals surface area contributed by atoms with Crippen molar-refractivity contribution in [3.63, 3.8) is 0 Å². The highest BCUT2D eigenvalue weighted by Gasteiger charge is 2.17. The summed E-state index contributed by atoms with van der Waals surface area (Å²) in [6, 6.07) is -0.634. The van der Waals surface area contributed by atoms with Crippen LogP contribution in [0.5, 0.6) is 0 Å². The fourth-order valence-corrected chi connectivity index (χ4v) is 0.621. The molecule has 0 radical (unpaired) electrons. The van der Waals surface area contributed by atoms with Gasteiger partial charge in [-0.15, -0.1) is 0 Å². The quantitative estimate of drug-likeness (QED) is 0.434. The van der Waals surface area contributed by atoms with Gasteiger partial charge in [0.05, 0.1) is 6.10 Å². The van der Waals surface area contributed by atoms with Gasteiger partial charge in [-0.2, -0.15) is 0 Å². The number of nitrogens with one attached hydrogen (secondary N) is 1. The summed E-state index contributed by atoms with van der Waals surface area (Å²) in [7, 11) is 1.57. The van der Waals surface area contributed by atoms with Crippen molar-refractivity contribution in [3.8, 4) is 0 Å². The smallest absolute Gasteiger partial charge is 0.237 e. The zero-order valence-electron chi connectivity index (χ0n) is 5.59. The van der Waals surface area contributed by atoms with Gasteiger partial charge in [0.25, 0.3) is 0 Å². The van der Waals surface area contributed by atoms with Crippen LogP contribution >= 0.6 is 0 Å². The normalized spacial score (nSPS) is 16.8. The number of nitrogens with two attached hydrogens (primary N) is 1. The van der Waals surface area contributed by atoms with Crippen molar-refractivity contribution in [2.24, 2.45) is 5.73 Å². The zero-order chi connectivity index (χ0) is 7.44. The second-order valence-corrected chi connectivity index (χ2v) is 1.91. The van der Waals surface area contributed by atoms with E-state index in [2.05, 4.69) is 5.32 Å². The molecule has 0 aromatic heterocycles. The van der Waals surface area contributed by atoms with Gasteiger partial charge in [0.15, 0.2) is 0 Å².